The number of hydrogen-bond donors (Lipinski definition) is 0. The first-order valence-electron chi connectivity index (χ1n) is 8.81. The molecule has 0 spiro atoms. The summed E-state index contributed by atoms with van der Waals surface area (Å²) in [6.07, 6.45) is -2.30. The zero-order chi connectivity index (χ0) is 20.5. The van der Waals surface area contributed by atoms with E-state index in [9.17, 15) is 17.6 Å². The third kappa shape index (κ3) is 4.27. The Morgan fingerprint density at radius 3 is 2.50 bits per heavy atom. The lowest BCUT2D eigenvalue weighted by Gasteiger charge is -2.34. The van der Waals surface area contributed by atoms with Crippen LogP contribution in [0.25, 0.3) is 0 Å². The van der Waals surface area contributed by atoms with Crippen LogP contribution >= 0.6 is 0 Å². The topological polar surface area (TPSA) is 28.1 Å². The van der Waals surface area contributed by atoms with Crippen molar-refractivity contribution in [2.75, 3.05) is 33.2 Å². The molecule has 0 atom stereocenters. The highest BCUT2D eigenvalue weighted by Crippen LogP contribution is 2.36. The molecule has 0 saturated carbocycles. The minimum atomic E-state index is -4.49. The number of benzene rings is 1. The molecule has 28 heavy (non-hydrogen) atoms. The van der Waals surface area contributed by atoms with E-state index in [4.69, 9.17) is 4.74 Å². The Bertz CT molecular complexity index is 863. The van der Waals surface area contributed by atoms with Crippen molar-refractivity contribution in [3.8, 4) is 5.75 Å². The maximum Gasteiger partial charge on any atom is 0.416 e. The smallest absolute Gasteiger partial charge is 0.416 e. The molecule has 2 aliphatic rings. The summed E-state index contributed by atoms with van der Waals surface area (Å²) in [6, 6.07) is 3.29. The summed E-state index contributed by atoms with van der Waals surface area (Å²) in [4.78, 5) is 8.53. The van der Waals surface area contributed by atoms with Gasteiger partial charge in [0, 0.05) is 32.3 Å². The lowest BCUT2D eigenvalue weighted by atomic mass is 10.1. The Balaban J connectivity index is 2.15. The summed E-state index contributed by atoms with van der Waals surface area (Å²) in [5, 5.41) is 0. The number of amidine groups is 1. The van der Waals surface area contributed by atoms with E-state index in [-0.39, 0.29) is 17.0 Å². The number of ether oxygens (including phenoxy) is 1. The van der Waals surface area contributed by atoms with Crippen molar-refractivity contribution in [3.05, 3.63) is 65.3 Å². The largest absolute Gasteiger partial charge is 0.459 e. The molecule has 4 nitrogen and oxygen atoms in total. The number of nitrogens with zero attached hydrogens (tertiary/aromatic N) is 3. The van der Waals surface area contributed by atoms with Crippen LogP contribution in [-0.2, 0) is 6.18 Å². The van der Waals surface area contributed by atoms with Gasteiger partial charge in [0.25, 0.3) is 0 Å². The second-order valence-corrected chi connectivity index (χ2v) is 6.71. The van der Waals surface area contributed by atoms with E-state index in [1.54, 1.807) is 6.92 Å². The van der Waals surface area contributed by atoms with Crippen LogP contribution in [0.2, 0.25) is 0 Å². The van der Waals surface area contributed by atoms with Gasteiger partial charge in [-0.25, -0.2) is 9.38 Å². The first-order chi connectivity index (χ1) is 13.2. The Morgan fingerprint density at radius 2 is 1.89 bits per heavy atom. The fourth-order valence-electron chi connectivity index (χ4n) is 3.02. The molecule has 1 aromatic rings. The van der Waals surface area contributed by atoms with Crippen LogP contribution in [0, 0.1) is 0 Å². The molecule has 2 heterocycles. The summed E-state index contributed by atoms with van der Waals surface area (Å²) >= 11 is 0. The predicted molar refractivity (Wildman–Crippen MR) is 99.8 cm³/mol. The Kier molecular flexibility index (Phi) is 5.60. The highest BCUT2D eigenvalue weighted by Gasteiger charge is 2.33. The zero-order valence-corrected chi connectivity index (χ0v) is 15.7. The first kappa shape index (κ1) is 20.1. The molecule has 0 aliphatic carbocycles. The number of fused-ring (bicyclic) bond motifs is 1. The maximum atomic E-state index is 13.8. The number of allylic oxidation sites excluding steroid dienone is 4. The number of aliphatic imine (C=N–C) groups is 1. The monoisotopic (exact) mass is 395 g/mol. The molecule has 0 bridgehead atoms. The quantitative estimate of drug-likeness (QED) is 0.550. The molecular formula is C20H21F4N3O. The van der Waals surface area contributed by atoms with Gasteiger partial charge in [-0.2, -0.15) is 13.2 Å². The molecule has 0 unspecified atom stereocenters. The average molecular weight is 395 g/mol. The van der Waals surface area contributed by atoms with E-state index in [1.807, 2.05) is 11.9 Å². The van der Waals surface area contributed by atoms with Crippen LogP contribution in [0.3, 0.4) is 0 Å². The average Bonchev–Trinajstić information content (AvgIpc) is 2.78. The molecule has 0 aromatic heterocycles. The minimum Gasteiger partial charge on any atom is -0.459 e. The van der Waals surface area contributed by atoms with Gasteiger partial charge in [0.05, 0.1) is 11.1 Å². The molecule has 1 fully saturated rings. The van der Waals surface area contributed by atoms with Gasteiger partial charge in [-0.05, 0) is 38.2 Å². The molecule has 1 aromatic carbocycles. The fraction of sp³-hybridized carbons (Fsp3) is 0.350. The number of hydrogen-bond acceptors (Lipinski definition) is 4. The van der Waals surface area contributed by atoms with Gasteiger partial charge in [-0.1, -0.05) is 6.58 Å². The Morgan fingerprint density at radius 1 is 1.21 bits per heavy atom. The van der Waals surface area contributed by atoms with Gasteiger partial charge >= 0.3 is 6.18 Å². The summed E-state index contributed by atoms with van der Waals surface area (Å²) in [5.41, 5.74) is -0.345. The van der Waals surface area contributed by atoms with Gasteiger partial charge in [-0.15, -0.1) is 0 Å². The van der Waals surface area contributed by atoms with Crippen molar-refractivity contribution in [3.63, 3.8) is 0 Å². The predicted octanol–water partition coefficient (Wildman–Crippen LogP) is 4.36. The first-order valence-corrected chi connectivity index (χ1v) is 8.81. The van der Waals surface area contributed by atoms with Crippen LogP contribution in [-0.4, -0.2) is 48.9 Å². The Labute approximate surface area is 161 Å². The second kappa shape index (κ2) is 7.79. The van der Waals surface area contributed by atoms with E-state index in [0.29, 0.717) is 24.7 Å². The van der Waals surface area contributed by atoms with Gasteiger partial charge in [0.2, 0.25) is 0 Å². The number of rotatable bonds is 2. The molecule has 8 heteroatoms. The summed E-state index contributed by atoms with van der Waals surface area (Å²) in [6.45, 7) is 7.63. The van der Waals surface area contributed by atoms with Gasteiger partial charge in [-0.3, -0.25) is 0 Å². The van der Waals surface area contributed by atoms with Crippen LogP contribution in [0.1, 0.15) is 18.1 Å². The molecular weight excluding hydrogens is 374 g/mol. The van der Waals surface area contributed by atoms with Gasteiger partial charge in [0.1, 0.15) is 28.9 Å². The van der Waals surface area contributed by atoms with Crippen LogP contribution in [0.15, 0.2) is 59.2 Å². The van der Waals surface area contributed by atoms with E-state index in [2.05, 4.69) is 16.5 Å². The van der Waals surface area contributed by atoms with Crippen LogP contribution in [0.4, 0.5) is 17.6 Å². The maximum absolute atomic E-state index is 13.8. The summed E-state index contributed by atoms with van der Waals surface area (Å²) in [7, 11) is 1.97. The number of piperazine rings is 1. The molecule has 150 valence electrons. The van der Waals surface area contributed by atoms with E-state index >= 15 is 0 Å². The number of likely N-dealkylation sites (N-methyl/N-ethyl adjacent to an activating group) is 1. The summed E-state index contributed by atoms with van der Waals surface area (Å²) < 4.78 is 59.4. The lowest BCUT2D eigenvalue weighted by molar-refractivity contribution is -0.137. The Hall–Kier alpha value is -2.61. The molecule has 0 N–H and O–H groups in total. The normalized spacial score (nSPS) is 19.0. The van der Waals surface area contributed by atoms with Crippen LogP contribution in [0.5, 0.6) is 5.75 Å². The molecule has 2 aliphatic heterocycles. The molecule has 1 saturated heterocycles. The second-order valence-electron chi connectivity index (χ2n) is 6.71. The molecule has 0 radical (unpaired) electrons. The molecule has 3 rings (SSSR count). The highest BCUT2D eigenvalue weighted by atomic mass is 19.4. The summed E-state index contributed by atoms with van der Waals surface area (Å²) in [5.74, 6) is 0.281. The highest BCUT2D eigenvalue weighted by molar-refractivity contribution is 6.02. The van der Waals surface area contributed by atoms with Crippen molar-refractivity contribution >= 4 is 5.84 Å². The third-order valence-corrected chi connectivity index (χ3v) is 4.67. The van der Waals surface area contributed by atoms with Crippen molar-refractivity contribution in [1.29, 1.82) is 0 Å². The molecule has 0 amide bonds. The van der Waals surface area contributed by atoms with E-state index in [0.717, 1.165) is 37.4 Å². The standard InChI is InChI=1S/C20H21F4N3O/c1-4-15(21)12-17-13(2)28-18-6-5-14(20(22,23)24)11-16(18)19(25-17)27-9-7-26(3)8-10-27/h4-6,11-12H,1,7-10H2,2-3H3/b15-12+. The SMILES string of the molecule is C=C/C(F)=C\C1=C(C)Oc2ccc(C(F)(F)F)cc2C(N2CCN(C)CC2)=N1. The number of alkyl halides is 3. The van der Waals surface area contributed by atoms with Crippen LogP contribution < -0.4 is 4.74 Å². The van der Waals surface area contributed by atoms with Crippen molar-refractivity contribution < 1.29 is 22.3 Å². The lowest BCUT2D eigenvalue weighted by Crippen LogP contribution is -2.47. The van der Waals surface area contributed by atoms with Crippen molar-refractivity contribution in [1.82, 2.24) is 9.80 Å². The minimum absolute atomic E-state index is 0.205. The van der Waals surface area contributed by atoms with E-state index in [1.165, 1.54) is 6.07 Å². The third-order valence-electron chi connectivity index (χ3n) is 4.67. The fourth-order valence-corrected chi connectivity index (χ4v) is 3.02. The van der Waals surface area contributed by atoms with Crippen molar-refractivity contribution in [2.45, 2.75) is 13.1 Å². The van der Waals surface area contributed by atoms with Crippen molar-refractivity contribution in [2.24, 2.45) is 4.99 Å². The van der Waals surface area contributed by atoms with E-state index < -0.39 is 17.6 Å². The number of halogens is 4. The van der Waals surface area contributed by atoms with Gasteiger partial charge in [0.15, 0.2) is 0 Å². The zero-order valence-electron chi connectivity index (χ0n) is 15.7. The van der Waals surface area contributed by atoms with Gasteiger partial charge < -0.3 is 14.5 Å².